The Morgan fingerprint density at radius 1 is 1.10 bits per heavy atom. The van der Waals surface area contributed by atoms with Crippen molar-refractivity contribution < 1.29 is 4.74 Å². The van der Waals surface area contributed by atoms with Crippen LogP contribution in [-0.4, -0.2) is 62.3 Å². The van der Waals surface area contributed by atoms with Gasteiger partial charge in [-0.25, -0.2) is 0 Å². The standard InChI is InChI=1S/C17H28N2O/c1-16(8-9-17-6-4-3-5-7-17)19-12-10-18(11-13-19)14-15-20-2/h3-7,16H,8-15H2,1-2H3/t16-/m0/s1. The molecule has 1 aromatic carbocycles. The van der Waals surface area contributed by atoms with Gasteiger partial charge in [0.2, 0.25) is 0 Å². The molecule has 0 N–H and O–H groups in total. The molecule has 1 heterocycles. The normalized spacial score (nSPS) is 19.1. The van der Waals surface area contributed by atoms with Gasteiger partial charge < -0.3 is 4.74 Å². The zero-order valence-corrected chi connectivity index (χ0v) is 12.9. The van der Waals surface area contributed by atoms with Crippen LogP contribution >= 0.6 is 0 Å². The van der Waals surface area contributed by atoms with Crippen molar-refractivity contribution in [2.45, 2.75) is 25.8 Å². The minimum absolute atomic E-state index is 0.680. The van der Waals surface area contributed by atoms with Crippen molar-refractivity contribution in [2.24, 2.45) is 0 Å². The van der Waals surface area contributed by atoms with E-state index >= 15 is 0 Å². The van der Waals surface area contributed by atoms with Gasteiger partial charge in [0.05, 0.1) is 6.61 Å². The maximum atomic E-state index is 5.15. The highest BCUT2D eigenvalue weighted by atomic mass is 16.5. The molecular formula is C17H28N2O. The first kappa shape index (κ1) is 15.5. The van der Waals surface area contributed by atoms with Gasteiger partial charge in [0.15, 0.2) is 0 Å². The van der Waals surface area contributed by atoms with Crippen molar-refractivity contribution in [2.75, 3.05) is 46.4 Å². The monoisotopic (exact) mass is 276 g/mol. The largest absolute Gasteiger partial charge is 0.383 e. The second-order valence-electron chi connectivity index (χ2n) is 5.74. The van der Waals surface area contributed by atoms with Crippen molar-refractivity contribution in [3.8, 4) is 0 Å². The summed E-state index contributed by atoms with van der Waals surface area (Å²) in [5.74, 6) is 0. The van der Waals surface area contributed by atoms with E-state index in [2.05, 4.69) is 47.1 Å². The molecule has 20 heavy (non-hydrogen) atoms. The van der Waals surface area contributed by atoms with Crippen molar-refractivity contribution in [1.29, 1.82) is 0 Å². The quantitative estimate of drug-likeness (QED) is 0.760. The lowest BCUT2D eigenvalue weighted by Gasteiger charge is -2.38. The third-order valence-corrected chi connectivity index (χ3v) is 4.34. The Morgan fingerprint density at radius 3 is 2.45 bits per heavy atom. The van der Waals surface area contributed by atoms with Gasteiger partial charge in [0.1, 0.15) is 0 Å². The number of piperazine rings is 1. The molecule has 1 aromatic rings. The Labute approximate surface area is 123 Å². The SMILES string of the molecule is COCCN1CCN([C@@H](C)CCc2ccccc2)CC1. The highest BCUT2D eigenvalue weighted by Crippen LogP contribution is 2.12. The summed E-state index contributed by atoms with van der Waals surface area (Å²) in [4.78, 5) is 5.14. The first-order valence-electron chi connectivity index (χ1n) is 7.79. The van der Waals surface area contributed by atoms with Crippen LogP contribution in [0.5, 0.6) is 0 Å². The van der Waals surface area contributed by atoms with Crippen LogP contribution in [0.3, 0.4) is 0 Å². The first-order valence-corrected chi connectivity index (χ1v) is 7.79. The van der Waals surface area contributed by atoms with Crippen LogP contribution in [0.2, 0.25) is 0 Å². The van der Waals surface area contributed by atoms with E-state index in [1.165, 1.54) is 44.6 Å². The summed E-state index contributed by atoms with van der Waals surface area (Å²) in [6.07, 6.45) is 2.44. The van der Waals surface area contributed by atoms with Crippen LogP contribution in [0, 0.1) is 0 Å². The number of benzene rings is 1. The number of rotatable bonds is 7. The molecule has 1 atom stereocenters. The molecule has 1 aliphatic rings. The molecule has 0 bridgehead atoms. The Kier molecular flexibility index (Phi) is 6.51. The van der Waals surface area contributed by atoms with Crippen LogP contribution in [0.1, 0.15) is 18.9 Å². The smallest absolute Gasteiger partial charge is 0.0589 e. The molecule has 3 nitrogen and oxygen atoms in total. The zero-order chi connectivity index (χ0) is 14.2. The minimum atomic E-state index is 0.680. The topological polar surface area (TPSA) is 15.7 Å². The molecule has 0 saturated carbocycles. The van der Waals surface area contributed by atoms with Gasteiger partial charge in [0, 0.05) is 45.9 Å². The summed E-state index contributed by atoms with van der Waals surface area (Å²) < 4.78 is 5.15. The van der Waals surface area contributed by atoms with E-state index in [0.717, 1.165) is 13.2 Å². The van der Waals surface area contributed by atoms with Gasteiger partial charge in [-0.05, 0) is 25.3 Å². The molecule has 2 rings (SSSR count). The molecule has 0 amide bonds. The number of methoxy groups -OCH3 is 1. The zero-order valence-electron chi connectivity index (χ0n) is 12.9. The lowest BCUT2D eigenvalue weighted by atomic mass is 10.0. The number of hydrogen-bond donors (Lipinski definition) is 0. The van der Waals surface area contributed by atoms with Crippen molar-refractivity contribution in [3.05, 3.63) is 35.9 Å². The third kappa shape index (κ3) is 4.89. The van der Waals surface area contributed by atoms with Crippen LogP contribution < -0.4 is 0 Å². The second-order valence-corrected chi connectivity index (χ2v) is 5.74. The molecule has 0 spiro atoms. The Hall–Kier alpha value is -0.900. The van der Waals surface area contributed by atoms with Crippen LogP contribution in [0.4, 0.5) is 0 Å². The van der Waals surface area contributed by atoms with Crippen LogP contribution in [0.25, 0.3) is 0 Å². The summed E-state index contributed by atoms with van der Waals surface area (Å²) in [6.45, 7) is 9.04. The fourth-order valence-electron chi connectivity index (χ4n) is 2.85. The maximum absolute atomic E-state index is 5.15. The fraction of sp³-hybridized carbons (Fsp3) is 0.647. The van der Waals surface area contributed by atoms with E-state index in [0.29, 0.717) is 6.04 Å². The number of ether oxygens (including phenoxy) is 1. The highest BCUT2D eigenvalue weighted by molar-refractivity contribution is 5.14. The van der Waals surface area contributed by atoms with E-state index in [1.807, 2.05) is 0 Å². The Balaban J connectivity index is 1.68. The molecule has 0 aliphatic carbocycles. The second kappa shape index (κ2) is 8.40. The average molecular weight is 276 g/mol. The minimum Gasteiger partial charge on any atom is -0.383 e. The van der Waals surface area contributed by atoms with E-state index < -0.39 is 0 Å². The van der Waals surface area contributed by atoms with Crippen molar-refractivity contribution in [3.63, 3.8) is 0 Å². The summed E-state index contributed by atoms with van der Waals surface area (Å²) in [5.41, 5.74) is 1.46. The molecule has 0 unspecified atom stereocenters. The molecule has 1 aliphatic heterocycles. The molecule has 1 saturated heterocycles. The van der Waals surface area contributed by atoms with E-state index in [4.69, 9.17) is 4.74 Å². The predicted molar refractivity (Wildman–Crippen MR) is 84.1 cm³/mol. The van der Waals surface area contributed by atoms with Gasteiger partial charge in [-0.2, -0.15) is 0 Å². The number of hydrogen-bond acceptors (Lipinski definition) is 3. The molecule has 0 aromatic heterocycles. The fourth-order valence-corrected chi connectivity index (χ4v) is 2.85. The highest BCUT2D eigenvalue weighted by Gasteiger charge is 2.20. The van der Waals surface area contributed by atoms with E-state index in [1.54, 1.807) is 7.11 Å². The van der Waals surface area contributed by atoms with Gasteiger partial charge in [-0.1, -0.05) is 30.3 Å². The van der Waals surface area contributed by atoms with Gasteiger partial charge in [-0.15, -0.1) is 0 Å². The average Bonchev–Trinajstić information content (AvgIpc) is 2.52. The molecule has 0 radical (unpaired) electrons. The van der Waals surface area contributed by atoms with Crippen molar-refractivity contribution >= 4 is 0 Å². The van der Waals surface area contributed by atoms with E-state index in [9.17, 15) is 0 Å². The first-order chi connectivity index (χ1) is 9.79. The molecule has 3 heteroatoms. The molecule has 112 valence electrons. The van der Waals surface area contributed by atoms with Crippen LogP contribution in [-0.2, 0) is 11.2 Å². The van der Waals surface area contributed by atoms with Gasteiger partial charge in [0.25, 0.3) is 0 Å². The lowest BCUT2D eigenvalue weighted by molar-refractivity contribution is 0.0767. The summed E-state index contributed by atoms with van der Waals surface area (Å²) >= 11 is 0. The summed E-state index contributed by atoms with van der Waals surface area (Å²) in [7, 11) is 1.78. The number of nitrogens with zero attached hydrogens (tertiary/aromatic N) is 2. The van der Waals surface area contributed by atoms with Gasteiger partial charge in [-0.3, -0.25) is 9.80 Å². The summed E-state index contributed by atoms with van der Waals surface area (Å²) in [5, 5.41) is 0. The Morgan fingerprint density at radius 2 is 1.80 bits per heavy atom. The van der Waals surface area contributed by atoms with Crippen LogP contribution in [0.15, 0.2) is 30.3 Å². The third-order valence-electron chi connectivity index (χ3n) is 4.34. The van der Waals surface area contributed by atoms with E-state index in [-0.39, 0.29) is 0 Å². The van der Waals surface area contributed by atoms with Gasteiger partial charge >= 0.3 is 0 Å². The maximum Gasteiger partial charge on any atom is 0.0589 e. The molecular weight excluding hydrogens is 248 g/mol. The Bertz CT molecular complexity index is 361. The number of aryl methyl sites for hydroxylation is 1. The predicted octanol–water partition coefficient (Wildman–Crippen LogP) is 2.27. The van der Waals surface area contributed by atoms with Crippen molar-refractivity contribution in [1.82, 2.24) is 9.80 Å². The lowest BCUT2D eigenvalue weighted by Crippen LogP contribution is -2.50. The molecule has 1 fully saturated rings. The summed E-state index contributed by atoms with van der Waals surface area (Å²) in [6, 6.07) is 11.5.